The van der Waals surface area contributed by atoms with Gasteiger partial charge in [0.05, 0.1) is 12.6 Å². The SMILES string of the molecule is CN(Cc1nccs1)C(=O)NC1CCN(CC2CCCO2)CC1. The molecule has 1 unspecified atom stereocenters. The van der Waals surface area contributed by atoms with Crippen molar-refractivity contribution in [3.8, 4) is 0 Å². The van der Waals surface area contributed by atoms with Crippen LogP contribution in [-0.4, -0.2) is 66.2 Å². The number of hydrogen-bond donors (Lipinski definition) is 1. The Kier molecular flexibility index (Phi) is 5.85. The molecule has 1 N–H and O–H groups in total. The molecular weight excluding hydrogens is 312 g/mol. The molecule has 3 heterocycles. The zero-order chi connectivity index (χ0) is 16.1. The second-order valence-electron chi connectivity index (χ2n) is 6.44. The lowest BCUT2D eigenvalue weighted by Gasteiger charge is -2.34. The van der Waals surface area contributed by atoms with Gasteiger partial charge in [0.25, 0.3) is 0 Å². The van der Waals surface area contributed by atoms with E-state index in [1.54, 1.807) is 22.4 Å². The summed E-state index contributed by atoms with van der Waals surface area (Å²) in [4.78, 5) is 20.7. The Morgan fingerprint density at radius 2 is 2.30 bits per heavy atom. The van der Waals surface area contributed by atoms with Crippen molar-refractivity contribution in [2.75, 3.05) is 33.3 Å². The molecule has 0 aromatic carbocycles. The minimum absolute atomic E-state index is 0.00206. The van der Waals surface area contributed by atoms with E-state index in [9.17, 15) is 4.79 Å². The van der Waals surface area contributed by atoms with Gasteiger partial charge < -0.3 is 19.9 Å². The summed E-state index contributed by atoms with van der Waals surface area (Å²) in [6.07, 6.45) is 6.62. The molecule has 1 aromatic heterocycles. The van der Waals surface area contributed by atoms with Crippen LogP contribution in [0.25, 0.3) is 0 Å². The molecule has 128 valence electrons. The number of nitrogens with one attached hydrogen (secondary N) is 1. The maximum Gasteiger partial charge on any atom is 0.317 e. The number of piperidine rings is 1. The Balaban J connectivity index is 1.36. The summed E-state index contributed by atoms with van der Waals surface area (Å²) >= 11 is 1.58. The lowest BCUT2D eigenvalue weighted by atomic mass is 10.0. The van der Waals surface area contributed by atoms with Gasteiger partial charge in [-0.05, 0) is 25.7 Å². The molecule has 0 spiro atoms. The Hall–Kier alpha value is -1.18. The summed E-state index contributed by atoms with van der Waals surface area (Å²) in [5, 5.41) is 6.05. The van der Waals surface area contributed by atoms with Gasteiger partial charge in [0.2, 0.25) is 0 Å². The summed E-state index contributed by atoms with van der Waals surface area (Å²) in [5.74, 6) is 0. The smallest absolute Gasteiger partial charge is 0.317 e. The van der Waals surface area contributed by atoms with E-state index in [1.807, 2.05) is 12.4 Å². The number of rotatable bonds is 5. The van der Waals surface area contributed by atoms with Crippen LogP contribution in [0.4, 0.5) is 4.79 Å². The number of amides is 2. The fraction of sp³-hybridized carbons (Fsp3) is 0.750. The highest BCUT2D eigenvalue weighted by Gasteiger charge is 2.25. The molecule has 0 bridgehead atoms. The van der Waals surface area contributed by atoms with Crippen molar-refractivity contribution in [1.82, 2.24) is 20.1 Å². The van der Waals surface area contributed by atoms with Crippen LogP contribution in [0, 0.1) is 0 Å². The molecule has 0 radical (unpaired) electrons. The third-order valence-electron chi connectivity index (χ3n) is 4.60. The second-order valence-corrected chi connectivity index (χ2v) is 7.42. The van der Waals surface area contributed by atoms with Gasteiger partial charge in [-0.2, -0.15) is 0 Å². The van der Waals surface area contributed by atoms with Gasteiger partial charge in [0.15, 0.2) is 0 Å². The number of aromatic nitrogens is 1. The van der Waals surface area contributed by atoms with Crippen LogP contribution < -0.4 is 5.32 Å². The van der Waals surface area contributed by atoms with Crippen molar-refractivity contribution in [1.29, 1.82) is 0 Å². The maximum atomic E-state index is 12.3. The number of carbonyl (C=O) groups excluding carboxylic acids is 1. The first kappa shape index (κ1) is 16.7. The van der Waals surface area contributed by atoms with E-state index in [0.29, 0.717) is 12.6 Å². The monoisotopic (exact) mass is 338 g/mol. The van der Waals surface area contributed by atoms with Crippen LogP contribution in [0.3, 0.4) is 0 Å². The molecule has 2 amide bonds. The molecular formula is C16H26N4O2S. The van der Waals surface area contributed by atoms with Crippen LogP contribution >= 0.6 is 11.3 Å². The van der Waals surface area contributed by atoms with Crippen molar-refractivity contribution in [2.45, 2.75) is 44.4 Å². The van der Waals surface area contributed by atoms with Gasteiger partial charge in [-0.3, -0.25) is 0 Å². The van der Waals surface area contributed by atoms with E-state index in [4.69, 9.17) is 4.74 Å². The van der Waals surface area contributed by atoms with Crippen molar-refractivity contribution in [3.63, 3.8) is 0 Å². The first-order chi connectivity index (χ1) is 11.2. The average molecular weight is 338 g/mol. The van der Waals surface area contributed by atoms with Gasteiger partial charge in [0.1, 0.15) is 5.01 Å². The lowest BCUT2D eigenvalue weighted by molar-refractivity contribution is 0.0629. The zero-order valence-corrected chi connectivity index (χ0v) is 14.6. The Morgan fingerprint density at radius 1 is 1.48 bits per heavy atom. The van der Waals surface area contributed by atoms with Crippen LogP contribution in [0.1, 0.15) is 30.7 Å². The fourth-order valence-corrected chi connectivity index (χ4v) is 3.90. The molecule has 2 aliphatic heterocycles. The van der Waals surface area contributed by atoms with E-state index >= 15 is 0 Å². The van der Waals surface area contributed by atoms with Gasteiger partial charge in [-0.1, -0.05) is 0 Å². The van der Waals surface area contributed by atoms with Crippen LogP contribution in [0.15, 0.2) is 11.6 Å². The van der Waals surface area contributed by atoms with Crippen molar-refractivity contribution in [2.24, 2.45) is 0 Å². The highest BCUT2D eigenvalue weighted by molar-refractivity contribution is 7.09. The summed E-state index contributed by atoms with van der Waals surface area (Å²) in [6, 6.07) is 0.278. The molecule has 2 aliphatic rings. The zero-order valence-electron chi connectivity index (χ0n) is 13.7. The van der Waals surface area contributed by atoms with Gasteiger partial charge in [-0.25, -0.2) is 9.78 Å². The van der Waals surface area contributed by atoms with Gasteiger partial charge in [0, 0.05) is 50.9 Å². The fourth-order valence-electron chi connectivity index (χ4n) is 3.23. The molecule has 1 aromatic rings. The molecule has 2 fully saturated rings. The van der Waals surface area contributed by atoms with E-state index in [-0.39, 0.29) is 12.1 Å². The summed E-state index contributed by atoms with van der Waals surface area (Å²) in [5.41, 5.74) is 0. The molecule has 0 aliphatic carbocycles. The molecule has 6 nitrogen and oxygen atoms in total. The number of thiazole rings is 1. The van der Waals surface area contributed by atoms with Crippen molar-refractivity contribution < 1.29 is 9.53 Å². The molecule has 2 saturated heterocycles. The number of ether oxygens (including phenoxy) is 1. The van der Waals surface area contributed by atoms with E-state index < -0.39 is 0 Å². The van der Waals surface area contributed by atoms with Crippen LogP contribution in [0.5, 0.6) is 0 Å². The quantitative estimate of drug-likeness (QED) is 0.891. The van der Waals surface area contributed by atoms with E-state index in [1.165, 1.54) is 12.8 Å². The number of urea groups is 1. The predicted molar refractivity (Wildman–Crippen MR) is 90.5 cm³/mol. The maximum absolute atomic E-state index is 12.3. The first-order valence-corrected chi connectivity index (χ1v) is 9.32. The molecule has 7 heteroatoms. The third kappa shape index (κ3) is 4.89. The normalized spacial score (nSPS) is 23.1. The Morgan fingerprint density at radius 3 is 2.96 bits per heavy atom. The summed E-state index contributed by atoms with van der Waals surface area (Å²) < 4.78 is 5.71. The summed E-state index contributed by atoms with van der Waals surface area (Å²) in [6.45, 7) is 4.62. The molecule has 1 atom stereocenters. The highest BCUT2D eigenvalue weighted by Crippen LogP contribution is 2.17. The largest absolute Gasteiger partial charge is 0.377 e. The number of carbonyl (C=O) groups is 1. The highest BCUT2D eigenvalue weighted by atomic mass is 32.1. The minimum atomic E-state index is -0.00206. The van der Waals surface area contributed by atoms with Crippen molar-refractivity contribution >= 4 is 17.4 Å². The van der Waals surface area contributed by atoms with E-state index in [0.717, 1.165) is 44.1 Å². The second kappa shape index (κ2) is 8.08. The molecule has 3 rings (SSSR count). The number of hydrogen-bond acceptors (Lipinski definition) is 5. The third-order valence-corrected chi connectivity index (χ3v) is 5.37. The van der Waals surface area contributed by atoms with Crippen LogP contribution in [0.2, 0.25) is 0 Å². The predicted octanol–water partition coefficient (Wildman–Crippen LogP) is 1.93. The van der Waals surface area contributed by atoms with Crippen LogP contribution in [-0.2, 0) is 11.3 Å². The standard InChI is InChI=1S/C16H26N4O2S/c1-19(12-15-17-6-10-23-15)16(21)18-13-4-7-20(8-5-13)11-14-3-2-9-22-14/h6,10,13-14H,2-5,7-9,11-12H2,1H3,(H,18,21). The Labute approximate surface area is 141 Å². The number of nitrogens with zero attached hydrogens (tertiary/aromatic N) is 3. The first-order valence-electron chi connectivity index (χ1n) is 8.44. The minimum Gasteiger partial charge on any atom is -0.377 e. The Bertz CT molecular complexity index is 482. The van der Waals surface area contributed by atoms with E-state index in [2.05, 4.69) is 15.2 Å². The molecule has 23 heavy (non-hydrogen) atoms. The number of likely N-dealkylation sites (tertiary alicyclic amines) is 1. The van der Waals surface area contributed by atoms with Crippen molar-refractivity contribution in [3.05, 3.63) is 16.6 Å². The van der Waals surface area contributed by atoms with Gasteiger partial charge in [-0.15, -0.1) is 11.3 Å². The summed E-state index contributed by atoms with van der Waals surface area (Å²) in [7, 11) is 1.82. The lowest BCUT2D eigenvalue weighted by Crippen LogP contribution is -2.49. The molecule has 0 saturated carbocycles. The topological polar surface area (TPSA) is 57.7 Å². The average Bonchev–Trinajstić information content (AvgIpc) is 3.23. The van der Waals surface area contributed by atoms with Gasteiger partial charge >= 0.3 is 6.03 Å².